The second-order valence-electron chi connectivity index (χ2n) is 3.22. The molecule has 0 amide bonds. The smallest absolute Gasteiger partial charge is 0.138 e. The summed E-state index contributed by atoms with van der Waals surface area (Å²) in [5.74, 6) is -0.423. The number of halogens is 1. The summed E-state index contributed by atoms with van der Waals surface area (Å²) in [5, 5.41) is 0. The molecule has 0 radical (unpaired) electrons. The number of hydrogen-bond acceptors (Lipinski definition) is 0. The third kappa shape index (κ3) is 2.28. The molecule has 2 heteroatoms. The molecule has 12 heavy (non-hydrogen) atoms. The van der Waals surface area contributed by atoms with Crippen molar-refractivity contribution in [3.8, 4) is 0 Å². The van der Waals surface area contributed by atoms with E-state index in [4.69, 9.17) is 0 Å². The van der Waals surface area contributed by atoms with E-state index >= 15 is 0 Å². The van der Waals surface area contributed by atoms with Crippen LogP contribution in [0.4, 0.5) is 4.39 Å². The molecular weight excluding hydrogens is 170 g/mol. The van der Waals surface area contributed by atoms with Gasteiger partial charge < -0.3 is 0 Å². The molecule has 0 spiro atoms. The van der Waals surface area contributed by atoms with E-state index in [0.29, 0.717) is 5.92 Å². The lowest BCUT2D eigenvalue weighted by atomic mass is 10.0. The van der Waals surface area contributed by atoms with Crippen molar-refractivity contribution in [3.63, 3.8) is 0 Å². The fraction of sp³-hybridized carbons (Fsp3) is 0.400. The molecule has 0 nitrogen and oxygen atoms in total. The topological polar surface area (TPSA) is 0 Å². The van der Waals surface area contributed by atoms with Gasteiger partial charge in [-0.3, -0.25) is 0 Å². The van der Waals surface area contributed by atoms with E-state index in [1.807, 2.05) is 24.3 Å². The standard InChI is InChI=1S/C10H14FP/c1-7(2)8-3-5-9(6-4-8)10(11)12/h3-7,10H,12H2,1-2H3. The van der Waals surface area contributed by atoms with Crippen LogP contribution in [0.2, 0.25) is 0 Å². The molecule has 0 heterocycles. The highest BCUT2D eigenvalue weighted by molar-refractivity contribution is 7.16. The van der Waals surface area contributed by atoms with Gasteiger partial charge in [0.05, 0.1) is 0 Å². The fourth-order valence-corrected chi connectivity index (χ4v) is 1.29. The molecule has 0 saturated carbocycles. The Bertz CT molecular complexity index is 212. The first-order chi connectivity index (χ1) is 5.61. The van der Waals surface area contributed by atoms with Crippen molar-refractivity contribution in [2.75, 3.05) is 0 Å². The Hall–Kier alpha value is -0.420. The summed E-state index contributed by atoms with van der Waals surface area (Å²) in [4.78, 5) is 0. The van der Waals surface area contributed by atoms with Gasteiger partial charge in [0.15, 0.2) is 0 Å². The normalized spacial score (nSPS) is 13.4. The number of hydrogen-bond donors (Lipinski definition) is 0. The van der Waals surface area contributed by atoms with E-state index < -0.39 is 5.91 Å². The highest BCUT2D eigenvalue weighted by atomic mass is 31.0. The number of benzene rings is 1. The Labute approximate surface area is 75.4 Å². The monoisotopic (exact) mass is 184 g/mol. The second kappa shape index (κ2) is 4.00. The first-order valence-electron chi connectivity index (χ1n) is 4.10. The van der Waals surface area contributed by atoms with E-state index in [0.717, 1.165) is 5.56 Å². The molecule has 0 N–H and O–H groups in total. The summed E-state index contributed by atoms with van der Waals surface area (Å²) in [7, 11) is 2.15. The molecule has 2 unspecified atom stereocenters. The summed E-state index contributed by atoms with van der Waals surface area (Å²) in [6.45, 7) is 4.26. The molecule has 0 aliphatic carbocycles. The molecule has 0 aliphatic heterocycles. The average Bonchev–Trinajstić information content (AvgIpc) is 2.04. The van der Waals surface area contributed by atoms with Crippen molar-refractivity contribution < 1.29 is 4.39 Å². The molecule has 2 atom stereocenters. The molecule has 66 valence electrons. The molecule has 1 aromatic rings. The van der Waals surface area contributed by atoms with Crippen molar-refractivity contribution in [1.29, 1.82) is 0 Å². The maximum atomic E-state index is 12.7. The van der Waals surface area contributed by atoms with Crippen LogP contribution >= 0.6 is 9.24 Å². The summed E-state index contributed by atoms with van der Waals surface area (Å²) in [5.41, 5.74) is 1.98. The van der Waals surface area contributed by atoms with E-state index in [1.54, 1.807) is 0 Å². The van der Waals surface area contributed by atoms with E-state index in [-0.39, 0.29) is 0 Å². The van der Waals surface area contributed by atoms with E-state index in [1.165, 1.54) is 5.56 Å². The zero-order chi connectivity index (χ0) is 9.14. The minimum Gasteiger partial charge on any atom is -0.238 e. The Balaban J connectivity index is 2.86. The highest BCUT2D eigenvalue weighted by Crippen LogP contribution is 2.25. The van der Waals surface area contributed by atoms with Crippen molar-refractivity contribution in [2.45, 2.75) is 25.7 Å². The molecule has 0 aliphatic rings. The Morgan fingerprint density at radius 3 is 1.83 bits per heavy atom. The first kappa shape index (κ1) is 9.67. The predicted octanol–water partition coefficient (Wildman–Crippen LogP) is 3.65. The van der Waals surface area contributed by atoms with Gasteiger partial charge in [0.25, 0.3) is 0 Å². The van der Waals surface area contributed by atoms with Gasteiger partial charge in [-0.25, -0.2) is 4.39 Å². The summed E-state index contributed by atoms with van der Waals surface area (Å²) >= 11 is 0. The molecule has 0 aromatic heterocycles. The second-order valence-corrected chi connectivity index (χ2v) is 3.81. The summed E-state index contributed by atoms with van der Waals surface area (Å²) in [6.07, 6.45) is 0. The minimum absolute atomic E-state index is 0.515. The fourth-order valence-electron chi connectivity index (χ4n) is 1.06. The quantitative estimate of drug-likeness (QED) is 0.615. The lowest BCUT2D eigenvalue weighted by Gasteiger charge is -2.06. The third-order valence-corrected chi connectivity index (χ3v) is 2.31. The molecular formula is C10H14FP. The predicted molar refractivity (Wildman–Crippen MR) is 54.1 cm³/mol. The largest absolute Gasteiger partial charge is 0.238 e. The van der Waals surface area contributed by atoms with Crippen LogP contribution in [0.25, 0.3) is 0 Å². The van der Waals surface area contributed by atoms with Crippen LogP contribution in [0, 0.1) is 0 Å². The lowest BCUT2D eigenvalue weighted by molar-refractivity contribution is 0.469. The van der Waals surface area contributed by atoms with Crippen LogP contribution in [0.3, 0.4) is 0 Å². The molecule has 1 aromatic carbocycles. The van der Waals surface area contributed by atoms with Crippen LogP contribution in [-0.4, -0.2) is 0 Å². The average molecular weight is 184 g/mol. The molecule has 0 saturated heterocycles. The molecule has 0 bridgehead atoms. The van der Waals surface area contributed by atoms with Gasteiger partial charge in [-0.2, -0.15) is 0 Å². The minimum atomic E-state index is -0.939. The van der Waals surface area contributed by atoms with E-state index in [9.17, 15) is 4.39 Å². The van der Waals surface area contributed by atoms with Crippen LogP contribution in [-0.2, 0) is 0 Å². The maximum absolute atomic E-state index is 12.7. The SMILES string of the molecule is CC(C)c1ccc(C(F)P)cc1. The van der Waals surface area contributed by atoms with Crippen molar-refractivity contribution in [2.24, 2.45) is 0 Å². The number of alkyl halides is 1. The highest BCUT2D eigenvalue weighted by Gasteiger charge is 2.03. The van der Waals surface area contributed by atoms with Gasteiger partial charge in [0.2, 0.25) is 0 Å². The molecule has 0 fully saturated rings. The molecule has 1 rings (SSSR count). The van der Waals surface area contributed by atoms with Crippen molar-refractivity contribution >= 4 is 9.24 Å². The van der Waals surface area contributed by atoms with Crippen molar-refractivity contribution in [3.05, 3.63) is 35.4 Å². The third-order valence-electron chi connectivity index (χ3n) is 1.92. The maximum Gasteiger partial charge on any atom is 0.138 e. The van der Waals surface area contributed by atoms with Gasteiger partial charge in [-0.1, -0.05) is 47.4 Å². The zero-order valence-electron chi connectivity index (χ0n) is 7.42. The first-order valence-corrected chi connectivity index (χ1v) is 4.77. The summed E-state index contributed by atoms with van der Waals surface area (Å²) in [6, 6.07) is 7.65. The van der Waals surface area contributed by atoms with Crippen LogP contribution < -0.4 is 0 Å². The van der Waals surface area contributed by atoms with Crippen LogP contribution in [0.1, 0.15) is 36.8 Å². The van der Waals surface area contributed by atoms with Gasteiger partial charge in [-0.15, -0.1) is 0 Å². The van der Waals surface area contributed by atoms with E-state index in [2.05, 4.69) is 23.1 Å². The number of rotatable bonds is 2. The lowest BCUT2D eigenvalue weighted by Crippen LogP contribution is -1.88. The Morgan fingerprint density at radius 2 is 1.50 bits per heavy atom. The van der Waals surface area contributed by atoms with Gasteiger partial charge in [0.1, 0.15) is 5.91 Å². The van der Waals surface area contributed by atoms with Crippen LogP contribution in [0.15, 0.2) is 24.3 Å². The van der Waals surface area contributed by atoms with Gasteiger partial charge in [-0.05, 0) is 17.0 Å². The van der Waals surface area contributed by atoms with Gasteiger partial charge in [0, 0.05) is 0 Å². The van der Waals surface area contributed by atoms with Gasteiger partial charge >= 0.3 is 0 Å². The van der Waals surface area contributed by atoms with Crippen molar-refractivity contribution in [1.82, 2.24) is 0 Å². The Morgan fingerprint density at radius 1 is 1.08 bits per heavy atom. The Kier molecular flexibility index (Phi) is 3.22. The zero-order valence-corrected chi connectivity index (χ0v) is 8.57. The van der Waals surface area contributed by atoms with Crippen LogP contribution in [0.5, 0.6) is 0 Å². The summed E-state index contributed by atoms with van der Waals surface area (Å²) < 4.78 is 12.7.